The van der Waals surface area contributed by atoms with E-state index in [2.05, 4.69) is 5.32 Å². The summed E-state index contributed by atoms with van der Waals surface area (Å²) in [5.41, 5.74) is 6.61. The Morgan fingerprint density at radius 1 is 1.50 bits per heavy atom. The number of carbonyl (C=O) groups is 1. The first-order valence-corrected chi connectivity index (χ1v) is 7.58. The van der Waals surface area contributed by atoms with Gasteiger partial charge in [0.25, 0.3) is 0 Å². The molecule has 4 nitrogen and oxygen atoms in total. The molecule has 6 heteroatoms. The van der Waals surface area contributed by atoms with Gasteiger partial charge in [-0.15, -0.1) is 12.4 Å². The van der Waals surface area contributed by atoms with Gasteiger partial charge in [0.1, 0.15) is 5.54 Å². The van der Waals surface area contributed by atoms with E-state index < -0.39 is 11.0 Å². The predicted octanol–water partition coefficient (Wildman–Crippen LogP) is 3.54. The Kier molecular flexibility index (Phi) is 5.90. The summed E-state index contributed by atoms with van der Waals surface area (Å²) in [6.07, 6.45) is 0.523. The highest BCUT2D eigenvalue weighted by Crippen LogP contribution is 2.50. The van der Waals surface area contributed by atoms with Crippen LogP contribution in [-0.4, -0.2) is 24.2 Å². The third-order valence-electron chi connectivity index (χ3n) is 4.61. The molecule has 1 amide bonds. The first-order chi connectivity index (χ1) is 9.72. The van der Waals surface area contributed by atoms with Crippen molar-refractivity contribution in [3.8, 4) is 0 Å². The molecule has 1 aromatic rings. The van der Waals surface area contributed by atoms with Crippen molar-refractivity contribution >= 4 is 35.6 Å². The van der Waals surface area contributed by atoms with Crippen molar-refractivity contribution in [2.45, 2.75) is 45.8 Å². The van der Waals surface area contributed by atoms with Crippen LogP contribution < -0.4 is 11.1 Å². The van der Waals surface area contributed by atoms with Crippen molar-refractivity contribution in [3.63, 3.8) is 0 Å². The Morgan fingerprint density at radius 3 is 2.64 bits per heavy atom. The second kappa shape index (κ2) is 6.75. The number of amides is 1. The molecule has 0 radical (unpaired) electrons. The maximum Gasteiger partial charge on any atom is 0.245 e. The van der Waals surface area contributed by atoms with E-state index in [0.717, 1.165) is 5.56 Å². The number of halogens is 2. The molecule has 1 aliphatic carbocycles. The van der Waals surface area contributed by atoms with Crippen LogP contribution in [0.2, 0.25) is 5.02 Å². The molecule has 1 aliphatic rings. The van der Waals surface area contributed by atoms with Gasteiger partial charge in [-0.05, 0) is 31.5 Å². The Bertz CT molecular complexity index is 563. The monoisotopic (exact) mass is 346 g/mol. The van der Waals surface area contributed by atoms with Gasteiger partial charge in [0, 0.05) is 18.4 Å². The zero-order valence-corrected chi connectivity index (χ0v) is 15.0. The average molecular weight is 347 g/mol. The molecule has 0 aromatic heterocycles. The summed E-state index contributed by atoms with van der Waals surface area (Å²) >= 11 is 6.15. The van der Waals surface area contributed by atoms with E-state index in [9.17, 15) is 4.79 Å². The summed E-state index contributed by atoms with van der Waals surface area (Å²) in [7, 11) is 0. The van der Waals surface area contributed by atoms with Crippen molar-refractivity contribution in [1.82, 2.24) is 0 Å². The number of anilines is 1. The largest absolute Gasteiger partial charge is 0.378 e. The lowest BCUT2D eigenvalue weighted by atomic mass is 9.54. The second-order valence-corrected chi connectivity index (χ2v) is 6.69. The normalized spacial score (nSPS) is 25.8. The smallest absolute Gasteiger partial charge is 0.245 e. The lowest BCUT2D eigenvalue weighted by molar-refractivity contribution is -0.166. The van der Waals surface area contributed by atoms with E-state index in [0.29, 0.717) is 23.7 Å². The predicted molar refractivity (Wildman–Crippen MR) is 92.8 cm³/mol. The van der Waals surface area contributed by atoms with Crippen LogP contribution in [0.4, 0.5) is 5.69 Å². The molecule has 1 aromatic carbocycles. The molecule has 2 unspecified atom stereocenters. The molecule has 2 rings (SSSR count). The third-order valence-corrected chi connectivity index (χ3v) is 4.92. The second-order valence-electron chi connectivity index (χ2n) is 6.28. The molecule has 0 aliphatic heterocycles. The Labute approximate surface area is 143 Å². The number of benzene rings is 1. The van der Waals surface area contributed by atoms with Crippen LogP contribution in [0.5, 0.6) is 0 Å². The number of aryl methyl sites for hydroxylation is 1. The lowest BCUT2D eigenvalue weighted by Gasteiger charge is -2.57. The van der Waals surface area contributed by atoms with Crippen molar-refractivity contribution in [1.29, 1.82) is 0 Å². The van der Waals surface area contributed by atoms with Crippen LogP contribution in [0.15, 0.2) is 18.2 Å². The van der Waals surface area contributed by atoms with Gasteiger partial charge in [0.15, 0.2) is 0 Å². The van der Waals surface area contributed by atoms with Crippen LogP contribution in [0, 0.1) is 12.3 Å². The van der Waals surface area contributed by atoms with E-state index >= 15 is 0 Å². The average Bonchev–Trinajstić information content (AvgIpc) is 2.41. The molecule has 2 atom stereocenters. The molecule has 3 N–H and O–H groups in total. The number of hydrogen-bond donors (Lipinski definition) is 2. The molecule has 22 heavy (non-hydrogen) atoms. The minimum absolute atomic E-state index is 0. The number of ether oxygens (including phenoxy) is 1. The summed E-state index contributed by atoms with van der Waals surface area (Å²) in [4.78, 5) is 12.6. The van der Waals surface area contributed by atoms with Crippen molar-refractivity contribution in [3.05, 3.63) is 28.8 Å². The SMILES string of the molecule is CCOC1CC(N)(C(=O)Nc2ccc(C)cc2Cl)C1(C)C.Cl. The third kappa shape index (κ3) is 3.11. The van der Waals surface area contributed by atoms with Crippen LogP contribution in [0.1, 0.15) is 32.8 Å². The van der Waals surface area contributed by atoms with Crippen LogP contribution in [0.25, 0.3) is 0 Å². The van der Waals surface area contributed by atoms with Crippen LogP contribution in [0.3, 0.4) is 0 Å². The highest BCUT2D eigenvalue weighted by atomic mass is 35.5. The highest BCUT2D eigenvalue weighted by molar-refractivity contribution is 6.33. The number of nitrogens with one attached hydrogen (secondary N) is 1. The van der Waals surface area contributed by atoms with E-state index in [4.69, 9.17) is 22.1 Å². The van der Waals surface area contributed by atoms with E-state index in [1.165, 1.54) is 0 Å². The van der Waals surface area contributed by atoms with E-state index in [-0.39, 0.29) is 24.4 Å². The molecule has 0 spiro atoms. The summed E-state index contributed by atoms with van der Waals surface area (Å²) < 4.78 is 5.64. The fourth-order valence-corrected chi connectivity index (χ4v) is 3.06. The summed E-state index contributed by atoms with van der Waals surface area (Å²) in [6, 6.07) is 5.51. The molecule has 0 saturated heterocycles. The van der Waals surface area contributed by atoms with Crippen molar-refractivity contribution < 1.29 is 9.53 Å². The van der Waals surface area contributed by atoms with Gasteiger partial charge in [-0.2, -0.15) is 0 Å². The zero-order valence-electron chi connectivity index (χ0n) is 13.4. The quantitative estimate of drug-likeness (QED) is 0.876. The molecule has 0 bridgehead atoms. The number of nitrogens with two attached hydrogens (primary N) is 1. The zero-order chi connectivity index (χ0) is 15.8. The number of hydrogen-bond acceptors (Lipinski definition) is 3. The van der Waals surface area contributed by atoms with Gasteiger partial charge >= 0.3 is 0 Å². The van der Waals surface area contributed by atoms with Crippen LogP contribution >= 0.6 is 24.0 Å². The van der Waals surface area contributed by atoms with Gasteiger partial charge in [-0.1, -0.05) is 31.5 Å². The first-order valence-electron chi connectivity index (χ1n) is 7.20. The molecule has 0 heterocycles. The fraction of sp³-hybridized carbons (Fsp3) is 0.562. The standard InChI is InChI=1S/C16H23ClN2O2.ClH/c1-5-21-13-9-16(18,15(13,3)4)14(20)19-12-7-6-10(2)8-11(12)17;/h6-8,13H,5,9,18H2,1-4H3,(H,19,20);1H. The maximum absolute atomic E-state index is 12.6. The first kappa shape index (κ1) is 19.2. The summed E-state index contributed by atoms with van der Waals surface area (Å²) in [6.45, 7) is 8.44. The summed E-state index contributed by atoms with van der Waals surface area (Å²) in [5, 5.41) is 3.37. The molecular weight excluding hydrogens is 323 g/mol. The lowest BCUT2D eigenvalue weighted by Crippen LogP contribution is -2.74. The van der Waals surface area contributed by atoms with Gasteiger partial charge in [-0.3, -0.25) is 4.79 Å². The highest BCUT2D eigenvalue weighted by Gasteiger charge is 2.62. The molecule has 1 saturated carbocycles. The van der Waals surface area contributed by atoms with Gasteiger partial charge in [0.05, 0.1) is 16.8 Å². The Morgan fingerprint density at radius 2 is 2.14 bits per heavy atom. The molecular formula is C16H24Cl2N2O2. The van der Waals surface area contributed by atoms with E-state index in [1.54, 1.807) is 6.07 Å². The van der Waals surface area contributed by atoms with E-state index in [1.807, 2.05) is 39.8 Å². The topological polar surface area (TPSA) is 64.3 Å². The molecule has 1 fully saturated rings. The van der Waals surface area contributed by atoms with Crippen molar-refractivity contribution in [2.24, 2.45) is 11.1 Å². The fourth-order valence-electron chi connectivity index (χ4n) is 2.78. The minimum Gasteiger partial charge on any atom is -0.378 e. The number of carbonyl (C=O) groups excluding carboxylic acids is 1. The Balaban J connectivity index is 0.00000242. The van der Waals surface area contributed by atoms with Gasteiger partial charge in [-0.25, -0.2) is 0 Å². The van der Waals surface area contributed by atoms with Crippen LogP contribution in [-0.2, 0) is 9.53 Å². The number of rotatable bonds is 4. The Hall–Kier alpha value is -0.810. The van der Waals surface area contributed by atoms with Crippen molar-refractivity contribution in [2.75, 3.05) is 11.9 Å². The molecule has 124 valence electrons. The van der Waals surface area contributed by atoms with Gasteiger partial charge in [0.2, 0.25) is 5.91 Å². The summed E-state index contributed by atoms with van der Waals surface area (Å²) in [5.74, 6) is -0.214. The maximum atomic E-state index is 12.6. The minimum atomic E-state index is -0.943. The van der Waals surface area contributed by atoms with Gasteiger partial charge < -0.3 is 15.8 Å².